The van der Waals surface area contributed by atoms with Crippen LogP contribution in [0.5, 0.6) is 0 Å². The number of halogens is 6. The van der Waals surface area contributed by atoms with E-state index in [2.05, 4.69) is 10.1 Å². The quantitative estimate of drug-likeness (QED) is 0.698. The van der Waals surface area contributed by atoms with Crippen LogP contribution in [-0.4, -0.2) is 41.4 Å². The summed E-state index contributed by atoms with van der Waals surface area (Å²) < 4.78 is 83.7. The maximum absolute atomic E-state index is 14.3. The van der Waals surface area contributed by atoms with Gasteiger partial charge in [0.05, 0.1) is 30.4 Å². The molecule has 0 amide bonds. The molecular formula is C19H15F6N3O. The SMILES string of the molecule is FC[C@@]1(c2ncc(F)cc2-c2c(F)cccc2F)CC(N2CCC(F)(F)C2)=NO1. The number of alkyl halides is 3. The Bertz CT molecular complexity index is 962. The van der Waals surface area contributed by atoms with Crippen molar-refractivity contribution in [3.8, 4) is 11.1 Å². The van der Waals surface area contributed by atoms with E-state index in [1.165, 1.54) is 4.90 Å². The van der Waals surface area contributed by atoms with Crippen LogP contribution in [0.1, 0.15) is 18.5 Å². The average molecular weight is 415 g/mol. The standard InChI is InChI=1S/C19H15F6N3O/c20-9-18(7-15(27-29-18)28-5-4-19(24,25)10-28)17-12(6-11(21)8-26-17)16-13(22)2-1-3-14(16)23/h1-3,6,8H,4-5,7,9-10H2/t18-/m1/s1. The van der Waals surface area contributed by atoms with Gasteiger partial charge in [0.25, 0.3) is 5.92 Å². The van der Waals surface area contributed by atoms with Crippen molar-refractivity contribution < 1.29 is 31.2 Å². The minimum atomic E-state index is -2.90. The number of amidine groups is 1. The summed E-state index contributed by atoms with van der Waals surface area (Å²) >= 11 is 0. The number of benzene rings is 1. The molecule has 0 spiro atoms. The van der Waals surface area contributed by atoms with Crippen molar-refractivity contribution in [3.63, 3.8) is 0 Å². The van der Waals surface area contributed by atoms with Crippen molar-refractivity contribution >= 4 is 5.84 Å². The molecule has 1 aromatic carbocycles. The predicted molar refractivity (Wildman–Crippen MR) is 91.5 cm³/mol. The third-order valence-electron chi connectivity index (χ3n) is 5.04. The summed E-state index contributed by atoms with van der Waals surface area (Å²) in [7, 11) is 0. The molecule has 0 aliphatic carbocycles. The highest BCUT2D eigenvalue weighted by atomic mass is 19.3. The van der Waals surface area contributed by atoms with Gasteiger partial charge in [-0.3, -0.25) is 4.98 Å². The van der Waals surface area contributed by atoms with E-state index in [1.807, 2.05) is 0 Å². The largest absolute Gasteiger partial charge is 0.378 e. The van der Waals surface area contributed by atoms with E-state index in [4.69, 9.17) is 4.84 Å². The van der Waals surface area contributed by atoms with Gasteiger partial charge in [-0.25, -0.2) is 26.3 Å². The number of oxime groups is 1. The lowest BCUT2D eigenvalue weighted by atomic mass is 9.89. The number of hydrogen-bond donors (Lipinski definition) is 0. The number of rotatable bonds is 3. The highest BCUT2D eigenvalue weighted by molar-refractivity contribution is 5.85. The lowest BCUT2D eigenvalue weighted by molar-refractivity contribution is -0.0435. The van der Waals surface area contributed by atoms with Gasteiger partial charge in [-0.1, -0.05) is 11.2 Å². The summed E-state index contributed by atoms with van der Waals surface area (Å²) in [6, 6.07) is 3.90. The Morgan fingerprint density at radius 2 is 1.86 bits per heavy atom. The van der Waals surface area contributed by atoms with Crippen LogP contribution >= 0.6 is 0 Å². The Kier molecular flexibility index (Phi) is 4.66. The first-order valence-electron chi connectivity index (χ1n) is 8.79. The van der Waals surface area contributed by atoms with Gasteiger partial charge in [0.1, 0.15) is 30.0 Å². The molecule has 0 saturated carbocycles. The fraction of sp³-hybridized carbons (Fsp3) is 0.368. The normalized spacial score (nSPS) is 23.2. The van der Waals surface area contributed by atoms with Gasteiger partial charge in [-0.2, -0.15) is 0 Å². The minimum Gasteiger partial charge on any atom is -0.378 e. The third kappa shape index (κ3) is 3.40. The van der Waals surface area contributed by atoms with E-state index < -0.39 is 47.8 Å². The molecule has 0 N–H and O–H groups in total. The Balaban J connectivity index is 1.75. The first-order chi connectivity index (χ1) is 13.7. The van der Waals surface area contributed by atoms with Gasteiger partial charge < -0.3 is 9.74 Å². The van der Waals surface area contributed by atoms with Gasteiger partial charge in [0.2, 0.25) is 5.60 Å². The summed E-state index contributed by atoms with van der Waals surface area (Å²) in [4.78, 5) is 10.4. The molecule has 2 aliphatic rings. The Morgan fingerprint density at radius 3 is 2.48 bits per heavy atom. The molecule has 154 valence electrons. The van der Waals surface area contributed by atoms with E-state index in [1.54, 1.807) is 0 Å². The Labute approximate surface area is 161 Å². The first-order valence-corrected chi connectivity index (χ1v) is 8.79. The van der Waals surface area contributed by atoms with Crippen LogP contribution < -0.4 is 0 Å². The van der Waals surface area contributed by atoms with E-state index >= 15 is 0 Å². The first kappa shape index (κ1) is 19.5. The van der Waals surface area contributed by atoms with Crippen LogP contribution in [-0.2, 0) is 10.4 Å². The van der Waals surface area contributed by atoms with Crippen molar-refractivity contribution in [2.45, 2.75) is 24.4 Å². The van der Waals surface area contributed by atoms with E-state index in [0.717, 1.165) is 30.5 Å². The molecule has 3 heterocycles. The fourth-order valence-electron chi connectivity index (χ4n) is 3.60. The van der Waals surface area contributed by atoms with Crippen LogP contribution in [0.15, 0.2) is 35.6 Å². The number of aromatic nitrogens is 1. The van der Waals surface area contributed by atoms with Crippen LogP contribution in [0.4, 0.5) is 26.3 Å². The summed E-state index contributed by atoms with van der Waals surface area (Å²) in [6.45, 7) is -1.81. The Hall–Kier alpha value is -2.78. The molecule has 0 bridgehead atoms. The number of nitrogens with zero attached hydrogens (tertiary/aromatic N) is 3. The monoisotopic (exact) mass is 415 g/mol. The van der Waals surface area contributed by atoms with Crippen LogP contribution in [0.2, 0.25) is 0 Å². The molecule has 1 atom stereocenters. The van der Waals surface area contributed by atoms with Gasteiger partial charge >= 0.3 is 0 Å². The second kappa shape index (κ2) is 6.93. The molecule has 4 nitrogen and oxygen atoms in total. The molecule has 1 fully saturated rings. The highest BCUT2D eigenvalue weighted by Crippen LogP contribution is 2.42. The molecule has 0 unspecified atom stereocenters. The van der Waals surface area contributed by atoms with Crippen molar-refractivity contribution in [3.05, 3.63) is 53.6 Å². The molecule has 10 heteroatoms. The van der Waals surface area contributed by atoms with Crippen molar-refractivity contribution in [1.82, 2.24) is 9.88 Å². The van der Waals surface area contributed by atoms with Crippen molar-refractivity contribution in [1.29, 1.82) is 0 Å². The number of pyridine rings is 1. The molecule has 29 heavy (non-hydrogen) atoms. The second-order valence-electron chi connectivity index (χ2n) is 7.08. The predicted octanol–water partition coefficient (Wildman–Crippen LogP) is 4.41. The summed E-state index contributed by atoms with van der Waals surface area (Å²) in [6.07, 6.45) is 0.0940. The number of likely N-dealkylation sites (tertiary alicyclic amines) is 1. The number of hydrogen-bond acceptors (Lipinski definition) is 4. The van der Waals surface area contributed by atoms with Gasteiger partial charge in [-0.15, -0.1) is 0 Å². The molecule has 4 rings (SSSR count). The minimum absolute atomic E-state index is 0.00318. The van der Waals surface area contributed by atoms with E-state index in [-0.39, 0.29) is 36.5 Å². The molecule has 0 radical (unpaired) electrons. The molecular weight excluding hydrogens is 400 g/mol. The molecule has 2 aromatic rings. The smallest absolute Gasteiger partial charge is 0.266 e. The maximum Gasteiger partial charge on any atom is 0.266 e. The zero-order valence-corrected chi connectivity index (χ0v) is 14.9. The van der Waals surface area contributed by atoms with Crippen LogP contribution in [0.25, 0.3) is 11.1 Å². The Morgan fingerprint density at radius 1 is 1.14 bits per heavy atom. The maximum atomic E-state index is 14.3. The van der Waals surface area contributed by atoms with E-state index in [9.17, 15) is 26.3 Å². The second-order valence-corrected chi connectivity index (χ2v) is 7.08. The highest BCUT2D eigenvalue weighted by Gasteiger charge is 2.49. The molecule has 1 aromatic heterocycles. The zero-order chi connectivity index (χ0) is 20.8. The van der Waals surface area contributed by atoms with Crippen LogP contribution in [0.3, 0.4) is 0 Å². The summed E-state index contributed by atoms with van der Waals surface area (Å²) in [5, 5.41) is 3.73. The zero-order valence-electron chi connectivity index (χ0n) is 14.9. The molecule has 2 aliphatic heterocycles. The van der Waals surface area contributed by atoms with E-state index in [0.29, 0.717) is 0 Å². The fourth-order valence-corrected chi connectivity index (χ4v) is 3.60. The molecule has 1 saturated heterocycles. The lowest BCUT2D eigenvalue weighted by Crippen LogP contribution is -2.36. The summed E-state index contributed by atoms with van der Waals surface area (Å²) in [5.74, 6) is -5.71. The lowest BCUT2D eigenvalue weighted by Gasteiger charge is -2.26. The third-order valence-corrected chi connectivity index (χ3v) is 5.04. The van der Waals surface area contributed by atoms with Gasteiger partial charge in [0.15, 0.2) is 0 Å². The topological polar surface area (TPSA) is 37.7 Å². The van der Waals surface area contributed by atoms with Gasteiger partial charge in [-0.05, 0) is 18.2 Å². The summed E-state index contributed by atoms with van der Waals surface area (Å²) in [5.41, 5.74) is -3.10. The van der Waals surface area contributed by atoms with Crippen molar-refractivity contribution in [2.24, 2.45) is 5.16 Å². The average Bonchev–Trinajstić information content (AvgIpc) is 3.26. The van der Waals surface area contributed by atoms with Crippen LogP contribution in [0, 0.1) is 17.5 Å². The van der Waals surface area contributed by atoms with Crippen molar-refractivity contribution in [2.75, 3.05) is 19.8 Å². The van der Waals surface area contributed by atoms with Gasteiger partial charge in [0, 0.05) is 18.5 Å².